The van der Waals surface area contributed by atoms with Crippen LogP contribution in [0, 0.1) is 0 Å². The van der Waals surface area contributed by atoms with E-state index in [1.165, 1.54) is 86.6 Å². The molecular weight excluding hydrogens is 707 g/mol. The number of hydrogen-bond acceptors (Lipinski definition) is 2. The van der Waals surface area contributed by atoms with Crippen molar-refractivity contribution in [1.29, 1.82) is 0 Å². The summed E-state index contributed by atoms with van der Waals surface area (Å²) in [6.45, 7) is 0. The van der Waals surface area contributed by atoms with Gasteiger partial charge in [-0.25, -0.2) is 0 Å². The molecule has 12 rings (SSSR count). The second-order valence-corrected chi connectivity index (χ2v) is 16.2. The van der Waals surface area contributed by atoms with Crippen LogP contribution in [-0.2, 0) is 5.41 Å². The molecule has 0 bridgehead atoms. The molecule has 2 aliphatic rings. The lowest BCUT2D eigenvalue weighted by Gasteiger charge is -2.46. The first-order chi connectivity index (χ1) is 28.3. The highest BCUT2D eigenvalue weighted by atomic mass is 32.2. The van der Waals surface area contributed by atoms with Crippen molar-refractivity contribution in [1.82, 2.24) is 0 Å². The van der Waals surface area contributed by atoms with E-state index in [1.54, 1.807) is 0 Å². The zero-order valence-electron chi connectivity index (χ0n) is 31.1. The molecule has 0 N–H and O–H groups in total. The van der Waals surface area contributed by atoms with Crippen LogP contribution >= 0.6 is 11.8 Å². The second-order valence-electron chi connectivity index (χ2n) is 15.2. The van der Waals surface area contributed by atoms with E-state index in [9.17, 15) is 0 Å². The molecule has 0 saturated carbocycles. The van der Waals surface area contributed by atoms with Gasteiger partial charge in [0.15, 0.2) is 0 Å². The molecule has 10 aromatic carbocycles. The van der Waals surface area contributed by atoms with Gasteiger partial charge in [-0.15, -0.1) is 0 Å². The van der Waals surface area contributed by atoms with Crippen LogP contribution in [0.3, 0.4) is 0 Å². The highest BCUT2D eigenvalue weighted by Crippen LogP contribution is 2.62. The normalized spacial score (nSPS) is 13.3. The third kappa shape index (κ3) is 4.65. The van der Waals surface area contributed by atoms with E-state index in [0.29, 0.717) is 0 Å². The van der Waals surface area contributed by atoms with E-state index in [1.807, 2.05) is 11.8 Å². The molecule has 0 atom stereocenters. The maximum Gasteiger partial charge on any atom is 0.0735 e. The number of fused-ring (bicyclic) bond motifs is 10. The molecule has 0 amide bonds. The number of rotatable bonds is 4. The van der Waals surface area contributed by atoms with E-state index < -0.39 is 5.41 Å². The molecule has 0 unspecified atom stereocenters. The zero-order valence-corrected chi connectivity index (χ0v) is 31.9. The Kier molecular flexibility index (Phi) is 7.14. The minimum absolute atomic E-state index is 0.488. The predicted molar refractivity (Wildman–Crippen MR) is 241 cm³/mol. The van der Waals surface area contributed by atoms with E-state index >= 15 is 0 Å². The summed E-state index contributed by atoms with van der Waals surface area (Å²) in [5.74, 6) is 0. The lowest BCUT2D eigenvalue weighted by molar-refractivity contribution is 0.707. The maximum atomic E-state index is 2.51. The fourth-order valence-electron chi connectivity index (χ4n) is 9.97. The van der Waals surface area contributed by atoms with Crippen molar-refractivity contribution in [3.05, 3.63) is 235 Å². The minimum atomic E-state index is -0.488. The minimum Gasteiger partial charge on any atom is -0.309 e. The zero-order chi connectivity index (χ0) is 37.5. The molecular formula is C55H35NS. The molecule has 57 heavy (non-hydrogen) atoms. The molecule has 0 radical (unpaired) electrons. The third-order valence-electron chi connectivity index (χ3n) is 12.3. The molecule has 10 aromatic rings. The highest BCUT2D eigenvalue weighted by molar-refractivity contribution is 7.99. The average molecular weight is 742 g/mol. The van der Waals surface area contributed by atoms with Crippen LogP contribution < -0.4 is 4.90 Å². The molecule has 1 spiro atoms. The molecule has 266 valence electrons. The number of nitrogens with zero attached hydrogens (tertiary/aromatic N) is 1. The summed E-state index contributed by atoms with van der Waals surface area (Å²) >= 11 is 1.89. The summed E-state index contributed by atoms with van der Waals surface area (Å²) in [5, 5.41) is 7.43. The smallest absolute Gasteiger partial charge is 0.0735 e. The Morgan fingerprint density at radius 1 is 0.351 bits per heavy atom. The lowest BCUT2D eigenvalue weighted by Crippen LogP contribution is -2.36. The van der Waals surface area contributed by atoms with Gasteiger partial charge in [0, 0.05) is 26.3 Å². The lowest BCUT2D eigenvalue weighted by atomic mass is 9.59. The van der Waals surface area contributed by atoms with Crippen LogP contribution in [0.25, 0.3) is 54.6 Å². The van der Waals surface area contributed by atoms with Crippen LogP contribution in [0.1, 0.15) is 22.3 Å². The Hall–Kier alpha value is -6.87. The summed E-state index contributed by atoms with van der Waals surface area (Å²) in [5.41, 5.74) is 13.3. The Morgan fingerprint density at radius 2 is 0.947 bits per heavy atom. The van der Waals surface area contributed by atoms with Crippen molar-refractivity contribution in [2.75, 3.05) is 4.90 Å². The molecule has 1 heterocycles. The van der Waals surface area contributed by atoms with Gasteiger partial charge in [-0.05, 0) is 102 Å². The standard InChI is InChI=1S/C55H35NS/c1-2-16-37(17-3-1)40-20-12-22-43-41(40)21-14-28-50(43)56(39-32-31-36-15-4-5-18-38(36)35-39)51-34-33-44-42-19-6-7-24-46(42)55(49-27-13-23-45(51)54(44)49)47-25-8-10-29-52(47)57-53-30-11-9-26-48(53)55/h1-35H. The topological polar surface area (TPSA) is 3.24 Å². The molecule has 1 aliphatic carbocycles. The second kappa shape index (κ2) is 12.6. The molecule has 0 saturated heterocycles. The van der Waals surface area contributed by atoms with Gasteiger partial charge in [0.2, 0.25) is 0 Å². The van der Waals surface area contributed by atoms with Gasteiger partial charge in [0.1, 0.15) is 0 Å². The van der Waals surface area contributed by atoms with Crippen LogP contribution in [0.15, 0.2) is 222 Å². The van der Waals surface area contributed by atoms with Gasteiger partial charge in [-0.3, -0.25) is 0 Å². The van der Waals surface area contributed by atoms with Crippen LogP contribution in [-0.4, -0.2) is 0 Å². The molecule has 0 fully saturated rings. The largest absolute Gasteiger partial charge is 0.309 e. The summed E-state index contributed by atoms with van der Waals surface area (Å²) < 4.78 is 0. The van der Waals surface area contributed by atoms with Gasteiger partial charge in [-0.1, -0.05) is 188 Å². The van der Waals surface area contributed by atoms with Gasteiger partial charge < -0.3 is 4.90 Å². The Morgan fingerprint density at radius 3 is 1.77 bits per heavy atom. The summed E-state index contributed by atoms with van der Waals surface area (Å²) in [6.07, 6.45) is 0. The molecule has 1 nitrogen and oxygen atoms in total. The molecule has 0 aromatic heterocycles. The first kappa shape index (κ1) is 32.4. The van der Waals surface area contributed by atoms with Crippen molar-refractivity contribution >= 4 is 61.1 Å². The van der Waals surface area contributed by atoms with Gasteiger partial charge in [0.25, 0.3) is 0 Å². The third-order valence-corrected chi connectivity index (χ3v) is 13.5. The van der Waals surface area contributed by atoms with Crippen LogP contribution in [0.5, 0.6) is 0 Å². The summed E-state index contributed by atoms with van der Waals surface area (Å²) in [6, 6.07) is 79.0. The van der Waals surface area contributed by atoms with E-state index in [2.05, 4.69) is 217 Å². The number of benzene rings is 10. The highest BCUT2D eigenvalue weighted by Gasteiger charge is 2.48. The summed E-state index contributed by atoms with van der Waals surface area (Å²) in [4.78, 5) is 5.13. The van der Waals surface area contributed by atoms with Crippen molar-refractivity contribution in [2.24, 2.45) is 0 Å². The molecule has 2 heteroatoms. The predicted octanol–water partition coefficient (Wildman–Crippen LogP) is 15.1. The average Bonchev–Trinajstić information content (AvgIpc) is 3.28. The quantitative estimate of drug-likeness (QED) is 0.177. The van der Waals surface area contributed by atoms with Crippen LogP contribution in [0.4, 0.5) is 17.1 Å². The monoisotopic (exact) mass is 741 g/mol. The Balaban J connectivity index is 1.20. The van der Waals surface area contributed by atoms with E-state index in [4.69, 9.17) is 0 Å². The van der Waals surface area contributed by atoms with Gasteiger partial charge in [-0.2, -0.15) is 0 Å². The van der Waals surface area contributed by atoms with Crippen molar-refractivity contribution in [3.8, 4) is 22.3 Å². The number of anilines is 3. The van der Waals surface area contributed by atoms with Crippen LogP contribution in [0.2, 0.25) is 0 Å². The number of hydrogen-bond donors (Lipinski definition) is 0. The van der Waals surface area contributed by atoms with E-state index in [-0.39, 0.29) is 0 Å². The maximum absolute atomic E-state index is 2.51. The van der Waals surface area contributed by atoms with Crippen molar-refractivity contribution in [2.45, 2.75) is 15.2 Å². The fraction of sp³-hybridized carbons (Fsp3) is 0.0182. The first-order valence-corrected chi connectivity index (χ1v) is 20.5. The fourth-order valence-corrected chi connectivity index (χ4v) is 11.2. The summed E-state index contributed by atoms with van der Waals surface area (Å²) in [7, 11) is 0. The molecule has 1 aliphatic heterocycles. The SMILES string of the molecule is c1ccc(-c2cccc3c(N(c4ccc5ccccc5c4)c4ccc5c6c(cccc46)C4(c6ccccc6Sc6ccccc64)c4ccccc4-5)cccc23)cc1. The Labute approximate surface area is 336 Å². The Bertz CT molecular complexity index is 3190. The van der Waals surface area contributed by atoms with Gasteiger partial charge in [0.05, 0.1) is 16.8 Å². The van der Waals surface area contributed by atoms with Crippen molar-refractivity contribution in [3.63, 3.8) is 0 Å². The first-order valence-electron chi connectivity index (χ1n) is 19.7. The van der Waals surface area contributed by atoms with Gasteiger partial charge >= 0.3 is 0 Å². The van der Waals surface area contributed by atoms with Crippen molar-refractivity contribution < 1.29 is 0 Å². The van der Waals surface area contributed by atoms with E-state index in [0.717, 1.165) is 17.1 Å².